The molecule has 0 bridgehead atoms. The highest BCUT2D eigenvalue weighted by Gasteiger charge is 2.39. The molecule has 2 aromatic heterocycles. The van der Waals surface area contributed by atoms with E-state index in [0.717, 1.165) is 6.42 Å². The lowest BCUT2D eigenvalue weighted by atomic mass is 10.1. The highest BCUT2D eigenvalue weighted by atomic mass is 16.7. The molecule has 8 nitrogen and oxygen atoms in total. The minimum absolute atomic E-state index is 0.104. The number of fused-ring (bicyclic) bond motifs is 2. The van der Waals surface area contributed by atoms with E-state index in [1.807, 2.05) is 13.8 Å². The topological polar surface area (TPSA) is 94.4 Å². The van der Waals surface area contributed by atoms with Crippen molar-refractivity contribution in [2.45, 2.75) is 33.2 Å². The summed E-state index contributed by atoms with van der Waals surface area (Å²) in [6.45, 7) is 5.80. The van der Waals surface area contributed by atoms with Crippen LogP contribution < -0.4 is 0 Å². The smallest absolute Gasteiger partial charge is 0.324 e. The largest absolute Gasteiger partial charge is 0.364 e. The van der Waals surface area contributed by atoms with Gasteiger partial charge in [-0.3, -0.25) is 9.59 Å². The minimum atomic E-state index is -0.811. The predicted molar refractivity (Wildman–Crippen MR) is 99.6 cm³/mol. The van der Waals surface area contributed by atoms with Crippen molar-refractivity contribution in [2.75, 3.05) is 0 Å². The molecule has 142 valence electrons. The molecule has 0 spiro atoms. The maximum Gasteiger partial charge on any atom is 0.364 e. The van der Waals surface area contributed by atoms with E-state index in [2.05, 4.69) is 10.1 Å². The Labute approximate surface area is 160 Å². The van der Waals surface area contributed by atoms with E-state index in [4.69, 9.17) is 4.84 Å². The number of hydroxylamine groups is 2. The summed E-state index contributed by atoms with van der Waals surface area (Å²) in [5.41, 5.74) is 1.78. The molecule has 1 aromatic carbocycles. The number of hydrogen-bond acceptors (Lipinski definition) is 6. The molecule has 0 radical (unpaired) electrons. The van der Waals surface area contributed by atoms with Gasteiger partial charge in [0.2, 0.25) is 0 Å². The molecule has 1 aliphatic rings. The van der Waals surface area contributed by atoms with Crippen LogP contribution in [0.15, 0.2) is 36.5 Å². The predicted octanol–water partition coefficient (Wildman–Crippen LogP) is 3.08. The Balaban J connectivity index is 1.70. The summed E-state index contributed by atoms with van der Waals surface area (Å²) in [5, 5.41) is 5.36. The molecular formula is C20H18N4O4. The van der Waals surface area contributed by atoms with E-state index in [0.29, 0.717) is 21.8 Å². The van der Waals surface area contributed by atoms with Crippen LogP contribution in [0.3, 0.4) is 0 Å². The Hall–Kier alpha value is -3.55. The number of amides is 2. The van der Waals surface area contributed by atoms with Gasteiger partial charge in [0, 0.05) is 5.69 Å². The fourth-order valence-electron chi connectivity index (χ4n) is 3.19. The molecule has 1 unspecified atom stereocenters. The first kappa shape index (κ1) is 17.8. The zero-order valence-corrected chi connectivity index (χ0v) is 15.7. The zero-order chi connectivity index (χ0) is 20.0. The van der Waals surface area contributed by atoms with Crippen molar-refractivity contribution < 1.29 is 19.2 Å². The number of aryl methyl sites for hydroxylation is 1. The van der Waals surface area contributed by atoms with Gasteiger partial charge in [-0.25, -0.2) is 14.5 Å². The lowest BCUT2D eigenvalue weighted by Gasteiger charge is -2.14. The van der Waals surface area contributed by atoms with E-state index in [1.165, 1.54) is 12.1 Å². The summed E-state index contributed by atoms with van der Waals surface area (Å²) in [6, 6.07) is 8.00. The lowest BCUT2D eigenvalue weighted by Crippen LogP contribution is -2.32. The number of benzene rings is 1. The molecule has 0 aliphatic carbocycles. The summed E-state index contributed by atoms with van der Waals surface area (Å²) in [6.07, 6.45) is 2.40. The van der Waals surface area contributed by atoms with Crippen molar-refractivity contribution in [3.8, 4) is 0 Å². The number of imide groups is 1. The van der Waals surface area contributed by atoms with Crippen LogP contribution in [0.4, 0.5) is 0 Å². The van der Waals surface area contributed by atoms with Gasteiger partial charge >= 0.3 is 5.97 Å². The van der Waals surface area contributed by atoms with Crippen LogP contribution >= 0.6 is 0 Å². The van der Waals surface area contributed by atoms with Crippen LogP contribution in [0.5, 0.6) is 0 Å². The maximum atomic E-state index is 12.8. The average Bonchev–Trinajstić information content (AvgIpc) is 3.22. The Morgan fingerprint density at radius 2 is 1.82 bits per heavy atom. The van der Waals surface area contributed by atoms with E-state index < -0.39 is 17.8 Å². The number of carbonyl (C=O) groups excluding carboxylic acids is 3. The van der Waals surface area contributed by atoms with Crippen molar-refractivity contribution >= 4 is 28.8 Å². The summed E-state index contributed by atoms with van der Waals surface area (Å²) < 4.78 is 1.75. The Morgan fingerprint density at radius 3 is 2.43 bits per heavy atom. The molecule has 0 saturated heterocycles. The van der Waals surface area contributed by atoms with E-state index in [-0.39, 0.29) is 22.7 Å². The summed E-state index contributed by atoms with van der Waals surface area (Å²) >= 11 is 0. The summed E-state index contributed by atoms with van der Waals surface area (Å²) in [4.78, 5) is 47.4. The van der Waals surface area contributed by atoms with E-state index >= 15 is 0 Å². The quantitative estimate of drug-likeness (QED) is 0.648. The molecule has 2 amide bonds. The van der Waals surface area contributed by atoms with Crippen molar-refractivity contribution in [1.82, 2.24) is 19.8 Å². The number of nitrogens with zero attached hydrogens (tertiary/aromatic N) is 4. The minimum Gasteiger partial charge on any atom is -0.324 e. The highest BCUT2D eigenvalue weighted by Crippen LogP contribution is 2.26. The molecular weight excluding hydrogens is 360 g/mol. The van der Waals surface area contributed by atoms with Gasteiger partial charge in [0.15, 0.2) is 5.65 Å². The van der Waals surface area contributed by atoms with Gasteiger partial charge in [-0.15, -0.1) is 0 Å². The number of hydrogen-bond donors (Lipinski definition) is 0. The van der Waals surface area contributed by atoms with Crippen LogP contribution in [0, 0.1) is 6.92 Å². The standard InChI is InChI=1S/C20H18N4O4/c1-4-12(3)23-17-16(10-21-23)15(9-11(2)22-17)20(27)28-24-18(25)13-7-5-6-8-14(13)19(24)26/h5-10,12H,4H2,1-3H3. The number of aromatic nitrogens is 3. The average molecular weight is 378 g/mol. The molecule has 0 fully saturated rings. The van der Waals surface area contributed by atoms with E-state index in [1.54, 1.807) is 36.0 Å². The van der Waals surface area contributed by atoms with Crippen molar-refractivity contribution in [3.63, 3.8) is 0 Å². The second kappa shape index (κ2) is 6.56. The lowest BCUT2D eigenvalue weighted by molar-refractivity contribution is -0.0583. The van der Waals surface area contributed by atoms with Crippen LogP contribution in [0.1, 0.15) is 63.1 Å². The van der Waals surface area contributed by atoms with Crippen LogP contribution in [0.2, 0.25) is 0 Å². The molecule has 1 aliphatic heterocycles. The third-order valence-electron chi connectivity index (χ3n) is 4.85. The van der Waals surface area contributed by atoms with Crippen molar-refractivity contribution in [2.24, 2.45) is 0 Å². The van der Waals surface area contributed by atoms with Gasteiger partial charge in [0.1, 0.15) is 0 Å². The van der Waals surface area contributed by atoms with Gasteiger partial charge in [0.05, 0.1) is 34.3 Å². The first-order chi connectivity index (χ1) is 13.4. The molecule has 0 N–H and O–H groups in total. The third-order valence-corrected chi connectivity index (χ3v) is 4.85. The van der Waals surface area contributed by atoms with Crippen molar-refractivity contribution in [1.29, 1.82) is 0 Å². The summed E-state index contributed by atoms with van der Waals surface area (Å²) in [7, 11) is 0. The monoisotopic (exact) mass is 378 g/mol. The van der Waals surface area contributed by atoms with Crippen LogP contribution in [-0.2, 0) is 4.84 Å². The second-order valence-electron chi connectivity index (χ2n) is 6.72. The summed E-state index contributed by atoms with van der Waals surface area (Å²) in [5.74, 6) is -2.13. The molecule has 3 aromatic rings. The van der Waals surface area contributed by atoms with Crippen LogP contribution in [0.25, 0.3) is 11.0 Å². The van der Waals surface area contributed by atoms with Crippen molar-refractivity contribution in [3.05, 3.63) is 58.9 Å². The second-order valence-corrected chi connectivity index (χ2v) is 6.72. The molecule has 0 saturated carbocycles. The first-order valence-electron chi connectivity index (χ1n) is 8.97. The van der Waals surface area contributed by atoms with Crippen LogP contribution in [-0.4, -0.2) is 37.6 Å². The molecule has 28 heavy (non-hydrogen) atoms. The first-order valence-corrected chi connectivity index (χ1v) is 8.97. The van der Waals surface area contributed by atoms with Gasteiger partial charge in [0.25, 0.3) is 11.8 Å². The van der Waals surface area contributed by atoms with Gasteiger partial charge in [-0.05, 0) is 38.5 Å². The third kappa shape index (κ3) is 2.65. The van der Waals surface area contributed by atoms with Gasteiger partial charge < -0.3 is 4.84 Å². The Bertz CT molecular complexity index is 1100. The normalized spacial score (nSPS) is 14.5. The SMILES string of the molecule is CCC(C)n1ncc2c(C(=O)ON3C(=O)c4ccccc4C3=O)cc(C)nc21. The van der Waals surface area contributed by atoms with E-state index in [9.17, 15) is 14.4 Å². The number of rotatable bonds is 4. The van der Waals surface area contributed by atoms with Gasteiger partial charge in [-0.1, -0.05) is 24.1 Å². The Kier molecular flexibility index (Phi) is 4.18. The maximum absolute atomic E-state index is 12.8. The highest BCUT2D eigenvalue weighted by molar-refractivity contribution is 6.21. The molecule has 8 heteroatoms. The fraction of sp³-hybridized carbons (Fsp3) is 0.250. The zero-order valence-electron chi connectivity index (χ0n) is 15.7. The van der Waals surface area contributed by atoms with Gasteiger partial charge in [-0.2, -0.15) is 5.10 Å². The number of carbonyl (C=O) groups is 3. The molecule has 3 heterocycles. The molecule has 1 atom stereocenters. The fourth-order valence-corrected chi connectivity index (χ4v) is 3.19. The Morgan fingerprint density at radius 1 is 1.18 bits per heavy atom. The number of pyridine rings is 1. The molecule has 4 rings (SSSR count).